The number of rotatable bonds is 2. The lowest BCUT2D eigenvalue weighted by atomic mass is 9.93. The highest BCUT2D eigenvalue weighted by atomic mass is 16.3. The van der Waals surface area contributed by atoms with Gasteiger partial charge < -0.3 is 14.2 Å². The molecule has 0 saturated carbocycles. The Balaban J connectivity index is 1.65. The van der Waals surface area contributed by atoms with Crippen molar-refractivity contribution in [1.82, 2.24) is 10.3 Å². The average Bonchev–Trinajstić information content (AvgIpc) is 3.12. The third-order valence-corrected chi connectivity index (χ3v) is 4.13. The molecule has 0 aliphatic heterocycles. The summed E-state index contributed by atoms with van der Waals surface area (Å²) in [5.74, 6) is 1.41. The lowest BCUT2D eigenvalue weighted by Crippen LogP contribution is -2.30. The number of carbonyl (C=O) groups is 1. The fourth-order valence-corrected chi connectivity index (χ4v) is 3.11. The summed E-state index contributed by atoms with van der Waals surface area (Å²) in [5, 5.41) is 3.10. The van der Waals surface area contributed by atoms with E-state index in [2.05, 4.69) is 10.3 Å². The number of benzene rings is 1. The number of hydrogen-bond acceptors (Lipinski definition) is 4. The minimum Gasteiger partial charge on any atom is -0.469 e. The van der Waals surface area contributed by atoms with Crippen LogP contribution in [-0.2, 0) is 6.42 Å². The van der Waals surface area contributed by atoms with E-state index in [0.717, 1.165) is 30.6 Å². The van der Waals surface area contributed by atoms with Crippen molar-refractivity contribution in [3.05, 3.63) is 53.3 Å². The minimum atomic E-state index is -0.127. The molecule has 1 aromatic carbocycles. The van der Waals surface area contributed by atoms with Crippen LogP contribution in [0.4, 0.5) is 0 Å². The van der Waals surface area contributed by atoms with Crippen LogP contribution in [0.2, 0.25) is 0 Å². The van der Waals surface area contributed by atoms with Gasteiger partial charge in [-0.3, -0.25) is 4.79 Å². The number of nitrogens with zero attached hydrogens (tertiary/aromatic N) is 1. The normalized spacial score (nSPS) is 17.4. The zero-order chi connectivity index (χ0) is 15.1. The predicted molar refractivity (Wildman–Crippen MR) is 80.6 cm³/mol. The number of oxazole rings is 1. The summed E-state index contributed by atoms with van der Waals surface area (Å²) < 4.78 is 11.0. The minimum absolute atomic E-state index is 0.00162. The van der Waals surface area contributed by atoms with Crippen molar-refractivity contribution >= 4 is 17.0 Å². The Bertz CT molecular complexity index is 847. The van der Waals surface area contributed by atoms with Gasteiger partial charge in [-0.05, 0) is 31.0 Å². The highest BCUT2D eigenvalue weighted by molar-refractivity contribution is 6.04. The van der Waals surface area contributed by atoms with Gasteiger partial charge in [-0.15, -0.1) is 0 Å². The standard InChI is InChI=1S/C17H16N2O3/c1-10-18-16-12(4-2-7-15(16)22-10)17(20)19-13-5-3-6-14-11(13)8-9-21-14/h2,4,7-9,13H,3,5-6H2,1H3,(H,19,20). The molecular weight excluding hydrogens is 280 g/mol. The molecule has 4 rings (SSSR count). The molecule has 0 fully saturated rings. The van der Waals surface area contributed by atoms with Crippen LogP contribution in [0.1, 0.15) is 46.5 Å². The van der Waals surface area contributed by atoms with Crippen LogP contribution < -0.4 is 5.32 Å². The monoisotopic (exact) mass is 296 g/mol. The van der Waals surface area contributed by atoms with Crippen LogP contribution in [0.25, 0.3) is 11.1 Å². The molecule has 3 aromatic rings. The van der Waals surface area contributed by atoms with E-state index in [1.165, 1.54) is 0 Å². The molecule has 1 unspecified atom stereocenters. The van der Waals surface area contributed by atoms with Gasteiger partial charge in [0.15, 0.2) is 11.5 Å². The molecule has 112 valence electrons. The summed E-state index contributed by atoms with van der Waals surface area (Å²) in [6, 6.07) is 7.35. The Kier molecular flexibility index (Phi) is 2.99. The SMILES string of the molecule is Cc1nc2c(C(=O)NC3CCCc4occc43)cccc2o1. The molecule has 2 heterocycles. The Morgan fingerprint density at radius 1 is 1.36 bits per heavy atom. The Morgan fingerprint density at radius 3 is 3.18 bits per heavy atom. The molecule has 0 saturated heterocycles. The van der Waals surface area contributed by atoms with E-state index in [0.29, 0.717) is 22.6 Å². The van der Waals surface area contributed by atoms with Gasteiger partial charge in [0.25, 0.3) is 5.91 Å². The first-order chi connectivity index (χ1) is 10.7. The smallest absolute Gasteiger partial charge is 0.254 e. The first-order valence-corrected chi connectivity index (χ1v) is 7.45. The van der Waals surface area contributed by atoms with Gasteiger partial charge in [-0.2, -0.15) is 0 Å². The second kappa shape index (κ2) is 5.02. The summed E-state index contributed by atoms with van der Waals surface area (Å²) in [7, 11) is 0. The molecular formula is C17H16N2O3. The Hall–Kier alpha value is -2.56. The van der Waals surface area contributed by atoms with Crippen molar-refractivity contribution in [1.29, 1.82) is 0 Å². The Labute approximate surface area is 127 Å². The number of carbonyl (C=O) groups excluding carboxylic acids is 1. The fraction of sp³-hybridized carbons (Fsp3) is 0.294. The van der Waals surface area contributed by atoms with E-state index < -0.39 is 0 Å². The van der Waals surface area contributed by atoms with E-state index in [1.807, 2.05) is 18.2 Å². The number of aromatic nitrogens is 1. The maximum Gasteiger partial charge on any atom is 0.254 e. The molecule has 0 spiro atoms. The highest BCUT2D eigenvalue weighted by Crippen LogP contribution is 2.31. The number of aryl methyl sites for hydroxylation is 2. The maximum atomic E-state index is 12.6. The van der Waals surface area contributed by atoms with Gasteiger partial charge in [-0.25, -0.2) is 4.98 Å². The second-order valence-electron chi connectivity index (χ2n) is 5.60. The average molecular weight is 296 g/mol. The zero-order valence-corrected chi connectivity index (χ0v) is 12.3. The number of fused-ring (bicyclic) bond motifs is 2. The van der Waals surface area contributed by atoms with Crippen molar-refractivity contribution in [2.24, 2.45) is 0 Å². The van der Waals surface area contributed by atoms with E-state index in [4.69, 9.17) is 8.83 Å². The van der Waals surface area contributed by atoms with Gasteiger partial charge >= 0.3 is 0 Å². The molecule has 2 aromatic heterocycles. The lowest BCUT2D eigenvalue weighted by Gasteiger charge is -2.22. The van der Waals surface area contributed by atoms with Gasteiger partial charge in [0, 0.05) is 18.9 Å². The van der Waals surface area contributed by atoms with Crippen LogP contribution in [0.5, 0.6) is 0 Å². The van der Waals surface area contributed by atoms with Crippen LogP contribution >= 0.6 is 0 Å². The highest BCUT2D eigenvalue weighted by Gasteiger charge is 2.25. The van der Waals surface area contributed by atoms with Crippen molar-refractivity contribution in [3.63, 3.8) is 0 Å². The topological polar surface area (TPSA) is 68.3 Å². The number of hydrogen-bond donors (Lipinski definition) is 1. The van der Waals surface area contributed by atoms with Crippen molar-refractivity contribution in [2.75, 3.05) is 0 Å². The fourth-order valence-electron chi connectivity index (χ4n) is 3.11. The summed E-state index contributed by atoms with van der Waals surface area (Å²) >= 11 is 0. The zero-order valence-electron chi connectivity index (χ0n) is 12.3. The molecule has 1 aliphatic carbocycles. The van der Waals surface area contributed by atoms with Crippen LogP contribution in [0.15, 0.2) is 39.4 Å². The number of furan rings is 1. The van der Waals surface area contributed by atoms with Gasteiger partial charge in [0.2, 0.25) is 0 Å². The lowest BCUT2D eigenvalue weighted by molar-refractivity contribution is 0.0933. The van der Waals surface area contributed by atoms with Gasteiger partial charge in [0.05, 0.1) is 17.9 Å². The van der Waals surface area contributed by atoms with Crippen LogP contribution in [-0.4, -0.2) is 10.9 Å². The molecule has 22 heavy (non-hydrogen) atoms. The van der Waals surface area contributed by atoms with E-state index in [1.54, 1.807) is 19.3 Å². The molecule has 1 atom stereocenters. The summed E-state index contributed by atoms with van der Waals surface area (Å²) in [6.07, 6.45) is 4.56. The summed E-state index contributed by atoms with van der Waals surface area (Å²) in [5.41, 5.74) is 2.88. The van der Waals surface area contributed by atoms with Crippen LogP contribution in [0.3, 0.4) is 0 Å². The first-order valence-electron chi connectivity index (χ1n) is 7.45. The molecule has 5 nitrogen and oxygen atoms in total. The molecule has 1 amide bonds. The van der Waals surface area contributed by atoms with Gasteiger partial charge in [0.1, 0.15) is 11.3 Å². The van der Waals surface area contributed by atoms with Crippen LogP contribution in [0, 0.1) is 6.92 Å². The predicted octanol–water partition coefficient (Wildman–Crippen LogP) is 3.54. The summed E-state index contributed by atoms with van der Waals surface area (Å²) in [4.78, 5) is 17.0. The molecule has 5 heteroatoms. The van der Waals surface area contributed by atoms with Crippen molar-refractivity contribution in [2.45, 2.75) is 32.2 Å². The summed E-state index contributed by atoms with van der Waals surface area (Å²) in [6.45, 7) is 1.78. The quantitative estimate of drug-likeness (QED) is 0.785. The third kappa shape index (κ3) is 2.09. The number of nitrogens with one attached hydrogen (secondary N) is 1. The second-order valence-corrected chi connectivity index (χ2v) is 5.60. The maximum absolute atomic E-state index is 12.6. The molecule has 1 aliphatic rings. The van der Waals surface area contributed by atoms with Gasteiger partial charge in [-0.1, -0.05) is 6.07 Å². The molecule has 0 bridgehead atoms. The molecule has 0 radical (unpaired) electrons. The third-order valence-electron chi connectivity index (χ3n) is 4.13. The number of amides is 1. The van der Waals surface area contributed by atoms with E-state index in [9.17, 15) is 4.79 Å². The Morgan fingerprint density at radius 2 is 2.27 bits per heavy atom. The van der Waals surface area contributed by atoms with Crippen molar-refractivity contribution < 1.29 is 13.6 Å². The van der Waals surface area contributed by atoms with Crippen molar-refractivity contribution in [3.8, 4) is 0 Å². The number of para-hydroxylation sites is 1. The van der Waals surface area contributed by atoms with E-state index >= 15 is 0 Å². The van der Waals surface area contributed by atoms with E-state index in [-0.39, 0.29) is 11.9 Å². The first kappa shape index (κ1) is 13.1. The largest absolute Gasteiger partial charge is 0.469 e. The molecule has 1 N–H and O–H groups in total.